The summed E-state index contributed by atoms with van der Waals surface area (Å²) in [6, 6.07) is 22.2. The summed E-state index contributed by atoms with van der Waals surface area (Å²) in [6.45, 7) is 1.87. The fourth-order valence-electron chi connectivity index (χ4n) is 3.25. The van der Waals surface area contributed by atoms with E-state index >= 15 is 0 Å². The van der Waals surface area contributed by atoms with Gasteiger partial charge in [-0.3, -0.25) is 8.86 Å². The third-order valence-corrected chi connectivity index (χ3v) is 5.78. The molecule has 7 heteroatoms. The molecule has 0 aliphatic carbocycles. The van der Waals surface area contributed by atoms with Crippen LogP contribution < -0.4 is 9.04 Å². The zero-order chi connectivity index (χ0) is 24.3. The quantitative estimate of drug-likeness (QED) is 0.316. The van der Waals surface area contributed by atoms with Crippen LogP contribution in [0.15, 0.2) is 72.8 Å². The summed E-state index contributed by atoms with van der Waals surface area (Å²) >= 11 is -2.28. The summed E-state index contributed by atoms with van der Waals surface area (Å²) in [5, 5.41) is 8.77. The fraction of sp³-hybridized carbons (Fsp3) is 0.222. The molecule has 0 saturated heterocycles. The number of rotatable bonds is 10. The maximum atomic E-state index is 12.0. The molecule has 176 valence electrons. The summed E-state index contributed by atoms with van der Waals surface area (Å²) in [5.41, 5.74) is 4.39. The molecule has 3 aromatic carbocycles. The molecule has 0 aromatic heterocycles. The van der Waals surface area contributed by atoms with Crippen molar-refractivity contribution in [3.63, 3.8) is 0 Å². The maximum Gasteiger partial charge on any atom is 0.341 e. The number of ether oxygens (including phenoxy) is 1. The van der Waals surface area contributed by atoms with Gasteiger partial charge in [-0.15, -0.1) is 0 Å². The van der Waals surface area contributed by atoms with Crippen LogP contribution in [-0.2, 0) is 29.0 Å². The van der Waals surface area contributed by atoms with Crippen LogP contribution in [0.2, 0.25) is 0 Å². The van der Waals surface area contributed by atoms with Crippen LogP contribution in [0.3, 0.4) is 0 Å². The van der Waals surface area contributed by atoms with Crippen LogP contribution in [0.4, 0.5) is 5.69 Å². The van der Waals surface area contributed by atoms with E-state index in [9.17, 15) is 13.6 Å². The normalized spacial score (nSPS) is 11.2. The lowest BCUT2D eigenvalue weighted by Gasteiger charge is -2.20. The van der Waals surface area contributed by atoms with E-state index in [0.29, 0.717) is 11.4 Å². The van der Waals surface area contributed by atoms with Crippen LogP contribution >= 0.6 is 0 Å². The number of benzene rings is 3. The number of carboxylic acids is 1. The Balaban J connectivity index is 1.67. The summed E-state index contributed by atoms with van der Waals surface area (Å²) in [6.07, 6.45) is 3.45. The number of hydrogen-bond acceptors (Lipinski definition) is 3. The van der Waals surface area contributed by atoms with Crippen molar-refractivity contribution in [2.75, 3.05) is 10.9 Å². The Morgan fingerprint density at radius 1 is 0.971 bits per heavy atom. The standard InChI is InChI=1S/C27H27NO5S/c1-2-3-5-21-8-10-22(11-9-21)12-13-23-14-16-24(17-15-23)19-28(34(31)32)25-6-4-7-26(18-25)33-20-27(29)30/h4,6-11,14-18H,2-3,5,19-20H2,1H3,(H,29,30)(H,31,32). The maximum absolute atomic E-state index is 12.0. The van der Waals surface area contributed by atoms with E-state index < -0.39 is 23.8 Å². The Morgan fingerprint density at radius 3 is 2.15 bits per heavy atom. The van der Waals surface area contributed by atoms with E-state index in [1.165, 1.54) is 28.8 Å². The van der Waals surface area contributed by atoms with E-state index in [-0.39, 0.29) is 6.54 Å². The Kier molecular flexibility index (Phi) is 9.27. The molecule has 0 spiro atoms. The highest BCUT2D eigenvalue weighted by molar-refractivity contribution is 7.80. The average Bonchev–Trinajstić information content (AvgIpc) is 2.85. The van der Waals surface area contributed by atoms with Crippen molar-refractivity contribution >= 4 is 22.9 Å². The van der Waals surface area contributed by atoms with Gasteiger partial charge in [-0.05, 0) is 60.4 Å². The van der Waals surface area contributed by atoms with Gasteiger partial charge in [-0.1, -0.05) is 55.5 Å². The smallest absolute Gasteiger partial charge is 0.341 e. The Labute approximate surface area is 202 Å². The minimum atomic E-state index is -2.28. The van der Waals surface area contributed by atoms with E-state index in [4.69, 9.17) is 9.84 Å². The van der Waals surface area contributed by atoms with Gasteiger partial charge in [-0.25, -0.2) is 9.00 Å². The average molecular weight is 478 g/mol. The molecule has 0 radical (unpaired) electrons. The minimum Gasteiger partial charge on any atom is -0.482 e. The lowest BCUT2D eigenvalue weighted by Crippen LogP contribution is -2.24. The van der Waals surface area contributed by atoms with Gasteiger partial charge >= 0.3 is 5.97 Å². The van der Waals surface area contributed by atoms with Crippen molar-refractivity contribution in [1.29, 1.82) is 0 Å². The van der Waals surface area contributed by atoms with Crippen molar-refractivity contribution in [1.82, 2.24) is 0 Å². The van der Waals surface area contributed by atoms with Crippen LogP contribution in [0.5, 0.6) is 5.75 Å². The number of nitrogens with zero attached hydrogens (tertiary/aromatic N) is 1. The van der Waals surface area contributed by atoms with E-state index in [2.05, 4.69) is 30.9 Å². The first-order valence-corrected chi connectivity index (χ1v) is 12.0. The van der Waals surface area contributed by atoms with Crippen molar-refractivity contribution in [2.45, 2.75) is 32.7 Å². The van der Waals surface area contributed by atoms with Gasteiger partial charge in [0.2, 0.25) is 0 Å². The monoisotopic (exact) mass is 477 g/mol. The molecule has 0 bridgehead atoms. The molecule has 2 N–H and O–H groups in total. The lowest BCUT2D eigenvalue weighted by molar-refractivity contribution is -0.139. The summed E-state index contributed by atoms with van der Waals surface area (Å²) in [7, 11) is 0. The number of unbranched alkanes of at least 4 members (excludes halogenated alkanes) is 1. The number of aryl methyl sites for hydroxylation is 1. The largest absolute Gasteiger partial charge is 0.482 e. The van der Waals surface area contributed by atoms with Crippen LogP contribution in [-0.4, -0.2) is 26.4 Å². The molecule has 0 aliphatic rings. The Morgan fingerprint density at radius 2 is 1.59 bits per heavy atom. The second kappa shape index (κ2) is 12.6. The van der Waals surface area contributed by atoms with Crippen molar-refractivity contribution in [3.05, 3.63) is 95.1 Å². The van der Waals surface area contributed by atoms with E-state index in [1.807, 2.05) is 36.4 Å². The van der Waals surface area contributed by atoms with Gasteiger partial charge in [0.05, 0.1) is 12.2 Å². The molecule has 0 aliphatic heterocycles. The predicted molar refractivity (Wildman–Crippen MR) is 134 cm³/mol. The molecule has 0 fully saturated rings. The van der Waals surface area contributed by atoms with Gasteiger partial charge < -0.3 is 9.84 Å². The van der Waals surface area contributed by atoms with Gasteiger partial charge in [0.25, 0.3) is 11.3 Å². The number of aliphatic carboxylic acids is 1. The second-order valence-electron chi connectivity index (χ2n) is 7.69. The van der Waals surface area contributed by atoms with Gasteiger partial charge in [0.15, 0.2) is 6.61 Å². The highest BCUT2D eigenvalue weighted by Gasteiger charge is 2.14. The summed E-state index contributed by atoms with van der Waals surface area (Å²) < 4.78 is 28.2. The predicted octanol–water partition coefficient (Wildman–Crippen LogP) is 5.04. The molecule has 0 saturated carbocycles. The SMILES string of the molecule is CCCCc1ccc(C#Cc2ccc(CN(c3cccc(OCC(=O)O)c3)S(=O)O)cc2)cc1. The van der Waals surface area contributed by atoms with Crippen molar-refractivity contribution in [3.8, 4) is 17.6 Å². The summed E-state index contributed by atoms with van der Waals surface area (Å²) in [5.74, 6) is 5.53. The molecule has 0 heterocycles. The zero-order valence-electron chi connectivity index (χ0n) is 18.9. The summed E-state index contributed by atoms with van der Waals surface area (Å²) in [4.78, 5) is 10.7. The van der Waals surface area contributed by atoms with E-state index in [1.54, 1.807) is 18.2 Å². The molecule has 1 atom stereocenters. The Hall–Kier alpha value is -3.60. The molecule has 3 aromatic rings. The van der Waals surface area contributed by atoms with Gasteiger partial charge in [-0.2, -0.15) is 0 Å². The topological polar surface area (TPSA) is 87.1 Å². The number of anilines is 1. The lowest BCUT2D eigenvalue weighted by atomic mass is 10.1. The molecule has 6 nitrogen and oxygen atoms in total. The number of hydrogen-bond donors (Lipinski definition) is 2. The molecule has 34 heavy (non-hydrogen) atoms. The first kappa shape index (κ1) is 25.0. The van der Waals surface area contributed by atoms with Crippen LogP contribution in [0, 0.1) is 11.8 Å². The van der Waals surface area contributed by atoms with Crippen molar-refractivity contribution in [2.24, 2.45) is 0 Å². The van der Waals surface area contributed by atoms with Gasteiger partial charge in [0, 0.05) is 17.2 Å². The van der Waals surface area contributed by atoms with Crippen LogP contribution in [0.25, 0.3) is 0 Å². The third kappa shape index (κ3) is 7.77. The second-order valence-corrected chi connectivity index (χ2v) is 8.60. The van der Waals surface area contributed by atoms with Gasteiger partial charge in [0.1, 0.15) is 5.75 Å². The molecular formula is C27H27NO5S. The molecular weight excluding hydrogens is 450 g/mol. The third-order valence-electron chi connectivity index (χ3n) is 5.06. The highest BCUT2D eigenvalue weighted by atomic mass is 32.2. The fourth-order valence-corrected chi connectivity index (χ4v) is 3.80. The first-order valence-electron chi connectivity index (χ1n) is 11.0. The highest BCUT2D eigenvalue weighted by Crippen LogP contribution is 2.24. The van der Waals surface area contributed by atoms with E-state index in [0.717, 1.165) is 23.1 Å². The number of carboxylic acid groups (broad SMARTS) is 1. The number of carbonyl (C=O) groups is 1. The van der Waals surface area contributed by atoms with Crippen molar-refractivity contribution < 1.29 is 23.4 Å². The van der Waals surface area contributed by atoms with Crippen LogP contribution in [0.1, 0.15) is 42.0 Å². The zero-order valence-corrected chi connectivity index (χ0v) is 19.8. The first-order chi connectivity index (χ1) is 16.4. The molecule has 1 unspecified atom stereocenters. The molecule has 3 rings (SSSR count). The molecule has 0 amide bonds. The Bertz CT molecular complexity index is 1180. The minimum absolute atomic E-state index is 0.179.